The van der Waals surface area contributed by atoms with Crippen molar-refractivity contribution in [2.45, 2.75) is 0 Å². The molecule has 0 aliphatic rings. The van der Waals surface area contributed by atoms with Gasteiger partial charge in [-0.2, -0.15) is 4.68 Å². The lowest BCUT2D eigenvalue weighted by Gasteiger charge is -1.96. The molecule has 0 spiro atoms. The Hall–Kier alpha value is -2.82. The van der Waals surface area contributed by atoms with Crippen LogP contribution in [0, 0.1) is 5.82 Å². The van der Waals surface area contributed by atoms with Gasteiger partial charge in [0.05, 0.1) is 5.52 Å². The van der Waals surface area contributed by atoms with E-state index in [-0.39, 0.29) is 11.7 Å². The second kappa shape index (κ2) is 5.05. The van der Waals surface area contributed by atoms with Crippen molar-refractivity contribution < 1.29 is 9.18 Å². The minimum absolute atomic E-state index is 0.303. The molecule has 0 bridgehead atoms. The van der Waals surface area contributed by atoms with Gasteiger partial charge in [-0.15, -0.1) is 5.10 Å². The molecule has 1 aromatic heterocycles. The second-order valence-electron chi connectivity index (χ2n) is 4.21. The van der Waals surface area contributed by atoms with E-state index < -0.39 is 0 Å². The Labute approximate surface area is 114 Å². The molecule has 0 atom stereocenters. The molecule has 0 fully saturated rings. The molecule has 20 heavy (non-hydrogen) atoms. The number of rotatable bonds is 2. The lowest BCUT2D eigenvalue weighted by Crippen LogP contribution is -2.08. The summed E-state index contributed by atoms with van der Waals surface area (Å²) in [6.07, 6.45) is 2.99. The van der Waals surface area contributed by atoms with Crippen molar-refractivity contribution in [1.82, 2.24) is 15.0 Å². The quantitative estimate of drug-likeness (QED) is 0.671. The van der Waals surface area contributed by atoms with Crippen LogP contribution in [0.4, 0.5) is 4.39 Å². The van der Waals surface area contributed by atoms with Gasteiger partial charge in [-0.25, -0.2) is 4.39 Å². The van der Waals surface area contributed by atoms with Crippen molar-refractivity contribution in [1.29, 1.82) is 0 Å². The van der Waals surface area contributed by atoms with E-state index in [4.69, 9.17) is 0 Å². The zero-order valence-corrected chi connectivity index (χ0v) is 10.4. The summed E-state index contributed by atoms with van der Waals surface area (Å²) in [4.78, 5) is 12.1. The minimum atomic E-state index is -0.309. The topological polar surface area (TPSA) is 47.8 Å². The summed E-state index contributed by atoms with van der Waals surface area (Å²) in [7, 11) is 0. The number of halogens is 1. The molecule has 0 radical (unpaired) electrons. The summed E-state index contributed by atoms with van der Waals surface area (Å²) in [5.41, 5.74) is 2.06. The van der Waals surface area contributed by atoms with Crippen molar-refractivity contribution >= 4 is 23.0 Å². The van der Waals surface area contributed by atoms with Crippen LogP contribution < -0.4 is 0 Å². The molecule has 0 amide bonds. The number of aromatic nitrogens is 3. The van der Waals surface area contributed by atoms with E-state index >= 15 is 0 Å². The molecule has 98 valence electrons. The number of benzene rings is 2. The maximum atomic E-state index is 12.8. The van der Waals surface area contributed by atoms with E-state index in [9.17, 15) is 9.18 Å². The molecule has 0 saturated heterocycles. The van der Waals surface area contributed by atoms with E-state index in [1.807, 2.05) is 12.1 Å². The highest BCUT2D eigenvalue weighted by atomic mass is 19.1. The van der Waals surface area contributed by atoms with Crippen LogP contribution in [-0.4, -0.2) is 20.9 Å². The van der Waals surface area contributed by atoms with Gasteiger partial charge in [0.15, 0.2) is 0 Å². The summed E-state index contributed by atoms with van der Waals surface area (Å²) in [5.74, 6) is -0.612. The fourth-order valence-electron chi connectivity index (χ4n) is 1.84. The lowest BCUT2D eigenvalue weighted by atomic mass is 10.2. The molecule has 4 nitrogen and oxygen atoms in total. The molecule has 0 unspecified atom stereocenters. The maximum Gasteiger partial charge on any atom is 0.272 e. The first-order valence-corrected chi connectivity index (χ1v) is 6.02. The Bertz CT molecular complexity index is 790. The van der Waals surface area contributed by atoms with Crippen molar-refractivity contribution in [2.75, 3.05) is 0 Å². The fourth-order valence-corrected chi connectivity index (χ4v) is 1.84. The number of allylic oxidation sites excluding steroid dienone is 1. The monoisotopic (exact) mass is 267 g/mol. The molecule has 0 N–H and O–H groups in total. The number of hydrogen-bond acceptors (Lipinski definition) is 3. The third-order valence-corrected chi connectivity index (χ3v) is 2.85. The summed E-state index contributed by atoms with van der Waals surface area (Å²) in [6, 6.07) is 13.1. The predicted octanol–water partition coefficient (Wildman–Crippen LogP) is 2.92. The van der Waals surface area contributed by atoms with Gasteiger partial charge in [0.1, 0.15) is 11.3 Å². The van der Waals surface area contributed by atoms with Crippen LogP contribution in [0.3, 0.4) is 0 Å². The summed E-state index contributed by atoms with van der Waals surface area (Å²) in [6.45, 7) is 0. The van der Waals surface area contributed by atoms with E-state index in [0.717, 1.165) is 5.56 Å². The molecular formula is C15H10FN3O. The Morgan fingerprint density at radius 2 is 1.85 bits per heavy atom. The first-order valence-electron chi connectivity index (χ1n) is 6.02. The van der Waals surface area contributed by atoms with Gasteiger partial charge >= 0.3 is 0 Å². The molecular weight excluding hydrogens is 257 g/mol. The molecule has 0 aliphatic heterocycles. The number of fused-ring (bicyclic) bond motifs is 1. The number of carbonyl (C=O) groups is 1. The van der Waals surface area contributed by atoms with Gasteiger partial charge in [0.2, 0.25) is 0 Å². The van der Waals surface area contributed by atoms with E-state index in [0.29, 0.717) is 11.0 Å². The van der Waals surface area contributed by atoms with Gasteiger partial charge < -0.3 is 0 Å². The minimum Gasteiger partial charge on any atom is -0.267 e. The molecule has 2 aromatic carbocycles. The van der Waals surface area contributed by atoms with Crippen LogP contribution in [0.15, 0.2) is 54.6 Å². The van der Waals surface area contributed by atoms with Crippen LogP contribution in [0.2, 0.25) is 0 Å². The number of para-hydroxylation sites is 1. The number of hydrogen-bond donors (Lipinski definition) is 0. The van der Waals surface area contributed by atoms with Crippen molar-refractivity contribution in [3.05, 3.63) is 66.0 Å². The molecule has 0 aliphatic carbocycles. The molecule has 0 saturated carbocycles. The molecule has 1 heterocycles. The Balaban J connectivity index is 1.87. The Morgan fingerprint density at radius 1 is 1.10 bits per heavy atom. The third-order valence-electron chi connectivity index (χ3n) is 2.85. The van der Waals surface area contributed by atoms with Gasteiger partial charge in [-0.3, -0.25) is 4.79 Å². The first kappa shape index (κ1) is 12.2. The van der Waals surface area contributed by atoms with Crippen LogP contribution in [0.1, 0.15) is 10.4 Å². The summed E-state index contributed by atoms with van der Waals surface area (Å²) < 4.78 is 14.0. The summed E-state index contributed by atoms with van der Waals surface area (Å²) >= 11 is 0. The molecule has 5 heteroatoms. The number of nitrogens with zero attached hydrogens (tertiary/aromatic N) is 3. The van der Waals surface area contributed by atoms with Crippen LogP contribution in [0.25, 0.3) is 17.1 Å². The third kappa shape index (κ3) is 2.33. The summed E-state index contributed by atoms with van der Waals surface area (Å²) in [5, 5.41) is 7.74. The van der Waals surface area contributed by atoms with E-state index in [1.54, 1.807) is 30.3 Å². The zero-order valence-electron chi connectivity index (χ0n) is 10.4. The number of carbonyl (C=O) groups excluding carboxylic acids is 1. The smallest absolute Gasteiger partial charge is 0.267 e. The van der Waals surface area contributed by atoms with Gasteiger partial charge in [-0.05, 0) is 35.9 Å². The fraction of sp³-hybridized carbons (Fsp3) is 0. The van der Waals surface area contributed by atoms with Gasteiger partial charge in [-0.1, -0.05) is 29.5 Å². The van der Waals surface area contributed by atoms with Crippen molar-refractivity contribution in [3.63, 3.8) is 0 Å². The van der Waals surface area contributed by atoms with E-state index in [1.165, 1.54) is 22.9 Å². The lowest BCUT2D eigenvalue weighted by molar-refractivity contribution is 0.0958. The normalized spacial score (nSPS) is 11.2. The highest BCUT2D eigenvalue weighted by Gasteiger charge is 2.08. The maximum absolute atomic E-state index is 12.8. The van der Waals surface area contributed by atoms with Crippen molar-refractivity contribution in [2.24, 2.45) is 0 Å². The Morgan fingerprint density at radius 3 is 2.65 bits per heavy atom. The zero-order chi connectivity index (χ0) is 13.9. The predicted molar refractivity (Wildman–Crippen MR) is 73.6 cm³/mol. The van der Waals surface area contributed by atoms with Crippen LogP contribution in [0.5, 0.6) is 0 Å². The largest absolute Gasteiger partial charge is 0.272 e. The average Bonchev–Trinajstić information content (AvgIpc) is 2.90. The standard InChI is InChI=1S/C15H10FN3O/c16-12-8-5-11(6-9-12)7-10-15(20)19-14-4-2-1-3-13(14)17-18-19/h1-10H/b10-7+. The van der Waals surface area contributed by atoms with Crippen molar-refractivity contribution in [3.8, 4) is 0 Å². The second-order valence-corrected chi connectivity index (χ2v) is 4.21. The molecule has 3 aromatic rings. The first-order chi connectivity index (χ1) is 9.74. The van der Waals surface area contributed by atoms with Gasteiger partial charge in [0.25, 0.3) is 5.91 Å². The van der Waals surface area contributed by atoms with Gasteiger partial charge in [0, 0.05) is 6.08 Å². The van der Waals surface area contributed by atoms with Crippen LogP contribution >= 0.6 is 0 Å². The van der Waals surface area contributed by atoms with Crippen LogP contribution in [-0.2, 0) is 0 Å². The molecule has 3 rings (SSSR count). The van der Waals surface area contributed by atoms with E-state index in [2.05, 4.69) is 10.3 Å². The SMILES string of the molecule is O=C(/C=C/c1ccc(F)cc1)n1nnc2ccccc21. The Kier molecular flexibility index (Phi) is 3.09. The average molecular weight is 267 g/mol. The highest BCUT2D eigenvalue weighted by molar-refractivity contribution is 5.98. The highest BCUT2D eigenvalue weighted by Crippen LogP contribution is 2.10.